The quantitative estimate of drug-likeness (QED) is 0.535. The van der Waals surface area contributed by atoms with Gasteiger partial charge in [0.2, 0.25) is 11.8 Å². The predicted octanol–water partition coefficient (Wildman–Crippen LogP) is 2.02. The summed E-state index contributed by atoms with van der Waals surface area (Å²) in [6.45, 7) is 3.26. The molecule has 1 aromatic carbocycles. The van der Waals surface area contributed by atoms with Crippen LogP contribution in [0.4, 0.5) is 11.5 Å². The molecule has 0 fully saturated rings. The number of esters is 1. The SMILES string of the molecule is CCOC(=O)c1cnn(C)c1NC(=O)C(CC)S(=O)(=O)CC(=O)Nc1ccc(Cl)cc1. The Bertz CT molecular complexity index is 1070. The molecular formula is C19H23ClN4O6S. The summed E-state index contributed by atoms with van der Waals surface area (Å²) in [4.78, 5) is 37.0. The van der Waals surface area contributed by atoms with Crippen LogP contribution in [-0.4, -0.2) is 53.6 Å². The van der Waals surface area contributed by atoms with Gasteiger partial charge in [-0.25, -0.2) is 13.2 Å². The topological polar surface area (TPSA) is 136 Å². The highest BCUT2D eigenvalue weighted by molar-refractivity contribution is 7.93. The van der Waals surface area contributed by atoms with Gasteiger partial charge < -0.3 is 15.4 Å². The molecule has 0 aliphatic carbocycles. The highest BCUT2D eigenvalue weighted by atomic mass is 35.5. The third-order valence-corrected chi connectivity index (χ3v) is 6.56. The second kappa shape index (κ2) is 10.4. The van der Waals surface area contributed by atoms with E-state index in [1.54, 1.807) is 19.1 Å². The molecule has 31 heavy (non-hydrogen) atoms. The zero-order chi connectivity index (χ0) is 23.2. The number of nitrogens with zero attached hydrogens (tertiary/aromatic N) is 2. The Morgan fingerprint density at radius 1 is 1.16 bits per heavy atom. The molecule has 10 nitrogen and oxygen atoms in total. The minimum absolute atomic E-state index is 0.00251. The Morgan fingerprint density at radius 3 is 2.39 bits per heavy atom. The van der Waals surface area contributed by atoms with Gasteiger partial charge in [-0.15, -0.1) is 0 Å². The number of sulfone groups is 1. The second-order valence-corrected chi connectivity index (χ2v) is 9.12. The van der Waals surface area contributed by atoms with Gasteiger partial charge >= 0.3 is 5.97 Å². The summed E-state index contributed by atoms with van der Waals surface area (Å²) in [5, 5.41) is 7.73. The number of anilines is 2. The van der Waals surface area contributed by atoms with Crippen molar-refractivity contribution in [1.29, 1.82) is 0 Å². The summed E-state index contributed by atoms with van der Waals surface area (Å²) in [5.41, 5.74) is 0.362. The van der Waals surface area contributed by atoms with E-state index in [4.69, 9.17) is 16.3 Å². The Hall–Kier alpha value is -2.92. The van der Waals surface area contributed by atoms with Gasteiger partial charge in [0, 0.05) is 17.8 Å². The van der Waals surface area contributed by atoms with Gasteiger partial charge in [0.1, 0.15) is 22.4 Å². The fraction of sp³-hybridized carbons (Fsp3) is 0.368. The summed E-state index contributed by atoms with van der Waals surface area (Å²) in [6.07, 6.45) is 1.14. The van der Waals surface area contributed by atoms with Gasteiger partial charge in [-0.1, -0.05) is 18.5 Å². The van der Waals surface area contributed by atoms with Crippen LogP contribution in [-0.2, 0) is 31.2 Å². The minimum atomic E-state index is -4.15. The maximum Gasteiger partial charge on any atom is 0.343 e. The molecular weight excluding hydrogens is 448 g/mol. The number of aryl methyl sites for hydroxylation is 1. The third-order valence-electron chi connectivity index (χ3n) is 4.23. The normalized spacial score (nSPS) is 12.1. The summed E-state index contributed by atoms with van der Waals surface area (Å²) < 4.78 is 31.6. The van der Waals surface area contributed by atoms with Crippen molar-refractivity contribution in [2.24, 2.45) is 7.05 Å². The fourth-order valence-corrected chi connectivity index (χ4v) is 4.41. The number of benzene rings is 1. The number of halogens is 1. The maximum atomic E-state index is 12.7. The largest absolute Gasteiger partial charge is 0.462 e. The van der Waals surface area contributed by atoms with Crippen molar-refractivity contribution in [2.45, 2.75) is 25.5 Å². The lowest BCUT2D eigenvalue weighted by molar-refractivity contribution is -0.115. The van der Waals surface area contributed by atoms with Crippen LogP contribution in [0.1, 0.15) is 30.6 Å². The lowest BCUT2D eigenvalue weighted by Crippen LogP contribution is -2.39. The lowest BCUT2D eigenvalue weighted by atomic mass is 10.3. The third kappa shape index (κ3) is 6.28. The Labute approximate surface area is 184 Å². The monoisotopic (exact) mass is 470 g/mol. The van der Waals surface area contributed by atoms with Crippen LogP contribution in [0.15, 0.2) is 30.5 Å². The number of nitrogens with one attached hydrogen (secondary N) is 2. The van der Waals surface area contributed by atoms with E-state index in [9.17, 15) is 22.8 Å². The molecule has 0 saturated carbocycles. The highest BCUT2D eigenvalue weighted by Crippen LogP contribution is 2.19. The van der Waals surface area contributed by atoms with Crippen molar-refractivity contribution >= 4 is 50.7 Å². The lowest BCUT2D eigenvalue weighted by Gasteiger charge is -2.16. The Balaban J connectivity index is 2.14. The molecule has 1 unspecified atom stereocenters. The van der Waals surface area contributed by atoms with Crippen LogP contribution >= 0.6 is 11.6 Å². The molecule has 0 saturated heterocycles. The minimum Gasteiger partial charge on any atom is -0.462 e. The number of ether oxygens (including phenoxy) is 1. The predicted molar refractivity (Wildman–Crippen MR) is 116 cm³/mol. The standard InChI is InChI=1S/C19H23ClN4O6S/c1-4-15(18(26)23-17-14(10-21-24(17)3)19(27)30-5-2)31(28,29)11-16(25)22-13-8-6-12(20)7-9-13/h6-10,15H,4-5,11H2,1-3H3,(H,22,25)(H,23,26). The molecule has 1 aromatic heterocycles. The maximum absolute atomic E-state index is 12.7. The first kappa shape index (κ1) is 24.4. The molecule has 0 spiro atoms. The van der Waals surface area contributed by atoms with E-state index in [0.29, 0.717) is 10.7 Å². The Morgan fingerprint density at radius 2 is 1.81 bits per heavy atom. The van der Waals surface area contributed by atoms with Gasteiger partial charge in [-0.05, 0) is 37.6 Å². The van der Waals surface area contributed by atoms with Crippen LogP contribution in [0.5, 0.6) is 0 Å². The summed E-state index contributed by atoms with van der Waals surface area (Å²) in [7, 11) is -2.67. The number of aromatic nitrogens is 2. The zero-order valence-corrected chi connectivity index (χ0v) is 18.8. The number of carbonyl (C=O) groups is 3. The van der Waals surface area contributed by atoms with Gasteiger partial charge in [0.15, 0.2) is 9.84 Å². The molecule has 1 heterocycles. The average molecular weight is 471 g/mol. The van der Waals surface area contributed by atoms with E-state index in [-0.39, 0.29) is 24.4 Å². The van der Waals surface area contributed by atoms with Gasteiger partial charge in [-0.3, -0.25) is 14.3 Å². The number of rotatable bonds is 9. The number of hydrogen-bond donors (Lipinski definition) is 2. The highest BCUT2D eigenvalue weighted by Gasteiger charge is 2.34. The van der Waals surface area contributed by atoms with E-state index in [0.717, 1.165) is 0 Å². The molecule has 12 heteroatoms. The van der Waals surface area contributed by atoms with Crippen molar-refractivity contribution in [1.82, 2.24) is 9.78 Å². The van der Waals surface area contributed by atoms with Crippen molar-refractivity contribution < 1.29 is 27.5 Å². The summed E-state index contributed by atoms with van der Waals surface area (Å²) in [5.74, 6) is -3.26. The molecule has 0 aliphatic heterocycles. The summed E-state index contributed by atoms with van der Waals surface area (Å²) >= 11 is 5.78. The molecule has 0 radical (unpaired) electrons. The first-order valence-corrected chi connectivity index (χ1v) is 11.4. The first-order valence-electron chi connectivity index (χ1n) is 9.36. The van der Waals surface area contributed by atoms with Crippen molar-refractivity contribution in [2.75, 3.05) is 23.0 Å². The molecule has 2 aromatic rings. The second-order valence-electron chi connectivity index (χ2n) is 6.50. The van der Waals surface area contributed by atoms with E-state index < -0.39 is 38.6 Å². The van der Waals surface area contributed by atoms with Crippen LogP contribution in [0.25, 0.3) is 0 Å². The first-order chi connectivity index (χ1) is 14.6. The number of hydrogen-bond acceptors (Lipinski definition) is 7. The van der Waals surface area contributed by atoms with Crippen LogP contribution in [0.2, 0.25) is 5.02 Å². The zero-order valence-electron chi connectivity index (χ0n) is 17.2. The summed E-state index contributed by atoms with van der Waals surface area (Å²) in [6, 6.07) is 6.14. The molecule has 168 valence electrons. The number of amides is 2. The van der Waals surface area contributed by atoms with Crippen molar-refractivity contribution in [3.8, 4) is 0 Å². The van der Waals surface area contributed by atoms with E-state index in [1.165, 1.54) is 37.0 Å². The van der Waals surface area contributed by atoms with Gasteiger partial charge in [0.25, 0.3) is 0 Å². The van der Waals surface area contributed by atoms with E-state index in [2.05, 4.69) is 15.7 Å². The van der Waals surface area contributed by atoms with Crippen molar-refractivity contribution in [3.63, 3.8) is 0 Å². The molecule has 2 amide bonds. The van der Waals surface area contributed by atoms with Gasteiger partial charge in [0.05, 0.1) is 12.8 Å². The van der Waals surface area contributed by atoms with Crippen LogP contribution in [0.3, 0.4) is 0 Å². The van der Waals surface area contributed by atoms with Crippen LogP contribution in [0, 0.1) is 0 Å². The fourth-order valence-electron chi connectivity index (χ4n) is 2.76. The smallest absolute Gasteiger partial charge is 0.343 e. The van der Waals surface area contributed by atoms with Gasteiger partial charge in [-0.2, -0.15) is 5.10 Å². The average Bonchev–Trinajstić information content (AvgIpc) is 3.04. The molecule has 2 rings (SSSR count). The molecule has 0 bridgehead atoms. The molecule has 1 atom stereocenters. The number of carbonyl (C=O) groups excluding carboxylic acids is 3. The Kier molecular flexibility index (Phi) is 8.17. The van der Waals surface area contributed by atoms with E-state index >= 15 is 0 Å². The van der Waals surface area contributed by atoms with Crippen LogP contribution < -0.4 is 10.6 Å². The van der Waals surface area contributed by atoms with E-state index in [1.807, 2.05) is 0 Å². The molecule has 2 N–H and O–H groups in total. The molecule has 0 aliphatic rings. The van der Waals surface area contributed by atoms with Crippen molar-refractivity contribution in [3.05, 3.63) is 41.0 Å².